The molecule has 0 bridgehead atoms. The SMILES string of the molecule is COc1ccc(CC#N)nc1-c1c(Cl)c(Cl)c(Cl)c(Cl)c1Cl. The smallest absolute Gasteiger partial charge is 0.145 e. The van der Waals surface area contributed by atoms with E-state index in [-0.39, 0.29) is 31.5 Å². The van der Waals surface area contributed by atoms with E-state index >= 15 is 0 Å². The van der Waals surface area contributed by atoms with Crippen molar-refractivity contribution in [1.29, 1.82) is 5.26 Å². The van der Waals surface area contributed by atoms with Crippen LogP contribution in [0, 0.1) is 11.3 Å². The van der Waals surface area contributed by atoms with Gasteiger partial charge in [0.15, 0.2) is 0 Å². The van der Waals surface area contributed by atoms with Crippen molar-refractivity contribution in [3.63, 3.8) is 0 Å². The van der Waals surface area contributed by atoms with E-state index in [0.29, 0.717) is 22.7 Å². The summed E-state index contributed by atoms with van der Waals surface area (Å²) in [5.41, 5.74) is 1.18. The largest absolute Gasteiger partial charge is 0.494 e. The first-order chi connectivity index (χ1) is 10.4. The van der Waals surface area contributed by atoms with E-state index in [0.717, 1.165) is 0 Å². The van der Waals surface area contributed by atoms with Crippen molar-refractivity contribution < 1.29 is 4.74 Å². The Bertz CT molecular complexity index is 757. The maximum Gasteiger partial charge on any atom is 0.145 e. The highest BCUT2D eigenvalue weighted by molar-refractivity contribution is 6.56. The molecule has 0 atom stereocenters. The normalized spacial score (nSPS) is 10.4. The van der Waals surface area contributed by atoms with Crippen molar-refractivity contribution in [3.05, 3.63) is 42.9 Å². The molecule has 8 heteroatoms. The Morgan fingerprint density at radius 1 is 1.00 bits per heavy atom. The van der Waals surface area contributed by atoms with Crippen molar-refractivity contribution in [1.82, 2.24) is 4.98 Å². The summed E-state index contributed by atoms with van der Waals surface area (Å²) in [5.74, 6) is 0.417. The molecule has 22 heavy (non-hydrogen) atoms. The van der Waals surface area contributed by atoms with Gasteiger partial charge in [0.2, 0.25) is 0 Å². The van der Waals surface area contributed by atoms with Crippen LogP contribution in [0.4, 0.5) is 0 Å². The molecule has 0 aliphatic rings. The van der Waals surface area contributed by atoms with Crippen LogP contribution in [-0.4, -0.2) is 12.1 Å². The number of aromatic nitrogens is 1. The highest BCUT2D eigenvalue weighted by atomic mass is 35.5. The molecule has 3 nitrogen and oxygen atoms in total. The van der Waals surface area contributed by atoms with Crippen LogP contribution in [0.5, 0.6) is 5.75 Å². The van der Waals surface area contributed by atoms with E-state index in [1.54, 1.807) is 12.1 Å². The number of benzene rings is 1. The van der Waals surface area contributed by atoms with Gasteiger partial charge in [-0.2, -0.15) is 5.26 Å². The highest BCUT2D eigenvalue weighted by Gasteiger charge is 2.23. The van der Waals surface area contributed by atoms with Gasteiger partial charge in [-0.05, 0) is 12.1 Å². The quantitative estimate of drug-likeness (QED) is 0.466. The molecule has 2 rings (SSSR count). The molecule has 1 heterocycles. The minimum Gasteiger partial charge on any atom is -0.494 e. The van der Waals surface area contributed by atoms with Crippen molar-refractivity contribution in [2.45, 2.75) is 6.42 Å². The molecular formula is C14H7Cl5N2O. The molecule has 0 radical (unpaired) electrons. The second-order valence-electron chi connectivity index (χ2n) is 4.13. The van der Waals surface area contributed by atoms with Gasteiger partial charge >= 0.3 is 0 Å². The summed E-state index contributed by atoms with van der Waals surface area (Å²) in [7, 11) is 1.48. The molecule has 0 unspecified atom stereocenters. The molecular weight excluding hydrogens is 389 g/mol. The van der Waals surface area contributed by atoms with Gasteiger partial charge in [-0.1, -0.05) is 58.0 Å². The highest BCUT2D eigenvalue weighted by Crippen LogP contribution is 2.49. The molecule has 0 saturated carbocycles. The number of rotatable bonds is 3. The lowest BCUT2D eigenvalue weighted by Gasteiger charge is -2.15. The molecule has 2 aromatic rings. The Morgan fingerprint density at radius 2 is 1.55 bits per heavy atom. The van der Waals surface area contributed by atoms with E-state index in [9.17, 15) is 0 Å². The zero-order valence-electron chi connectivity index (χ0n) is 11.1. The summed E-state index contributed by atoms with van der Waals surface area (Å²) in [6, 6.07) is 5.36. The minimum absolute atomic E-state index is 0.0641. The molecule has 114 valence electrons. The predicted octanol–water partition coefficient (Wildman–Crippen LogP) is 6.09. The Labute approximate surface area is 152 Å². The van der Waals surface area contributed by atoms with Gasteiger partial charge in [-0.15, -0.1) is 0 Å². The molecule has 0 spiro atoms. The van der Waals surface area contributed by atoms with Crippen molar-refractivity contribution in [2.24, 2.45) is 0 Å². The van der Waals surface area contributed by atoms with Gasteiger partial charge in [0.1, 0.15) is 11.4 Å². The molecule has 0 amide bonds. The Morgan fingerprint density at radius 3 is 2.05 bits per heavy atom. The first-order valence-electron chi connectivity index (χ1n) is 5.85. The fraction of sp³-hybridized carbons (Fsp3) is 0.143. The maximum absolute atomic E-state index is 8.81. The minimum atomic E-state index is 0.0641. The molecule has 0 aliphatic carbocycles. The van der Waals surface area contributed by atoms with Gasteiger partial charge in [-0.3, -0.25) is 0 Å². The lowest BCUT2D eigenvalue weighted by Crippen LogP contribution is -1.98. The number of hydrogen-bond acceptors (Lipinski definition) is 3. The average molecular weight is 396 g/mol. The summed E-state index contributed by atoms with van der Waals surface area (Å²) < 4.78 is 5.27. The van der Waals surface area contributed by atoms with Gasteiger partial charge in [-0.25, -0.2) is 4.98 Å². The van der Waals surface area contributed by atoms with E-state index in [1.165, 1.54) is 7.11 Å². The predicted molar refractivity (Wildman–Crippen MR) is 90.6 cm³/mol. The Hall–Kier alpha value is -0.890. The second kappa shape index (κ2) is 7.12. The monoisotopic (exact) mass is 394 g/mol. The first kappa shape index (κ1) is 17.5. The van der Waals surface area contributed by atoms with Crippen LogP contribution in [0.25, 0.3) is 11.3 Å². The molecule has 0 saturated heterocycles. The van der Waals surface area contributed by atoms with Crippen LogP contribution in [0.1, 0.15) is 5.69 Å². The van der Waals surface area contributed by atoms with E-state index in [2.05, 4.69) is 4.98 Å². The Kier molecular flexibility index (Phi) is 5.65. The van der Waals surface area contributed by atoms with Crippen molar-refractivity contribution in [3.8, 4) is 23.1 Å². The lowest BCUT2D eigenvalue weighted by molar-refractivity contribution is 0.414. The number of nitrogens with zero attached hydrogens (tertiary/aromatic N) is 2. The molecule has 0 N–H and O–H groups in total. The molecule has 0 aliphatic heterocycles. The zero-order valence-corrected chi connectivity index (χ0v) is 14.8. The third-order valence-electron chi connectivity index (χ3n) is 2.84. The number of hydrogen-bond donors (Lipinski definition) is 0. The van der Waals surface area contributed by atoms with Gasteiger partial charge in [0.05, 0.1) is 50.4 Å². The summed E-state index contributed by atoms with van der Waals surface area (Å²) in [6.07, 6.45) is 0.126. The molecule has 0 fully saturated rings. The number of ether oxygens (including phenoxy) is 1. The summed E-state index contributed by atoms with van der Waals surface area (Å²) in [6.45, 7) is 0. The van der Waals surface area contributed by atoms with Gasteiger partial charge < -0.3 is 4.74 Å². The average Bonchev–Trinajstić information content (AvgIpc) is 2.52. The van der Waals surface area contributed by atoms with Crippen LogP contribution in [0.15, 0.2) is 12.1 Å². The van der Waals surface area contributed by atoms with Crippen LogP contribution >= 0.6 is 58.0 Å². The van der Waals surface area contributed by atoms with Gasteiger partial charge in [0, 0.05) is 5.56 Å². The second-order valence-corrected chi connectivity index (χ2v) is 6.02. The van der Waals surface area contributed by atoms with E-state index in [4.69, 9.17) is 68.0 Å². The topological polar surface area (TPSA) is 45.9 Å². The van der Waals surface area contributed by atoms with Crippen LogP contribution in [0.2, 0.25) is 25.1 Å². The fourth-order valence-electron chi connectivity index (χ4n) is 1.82. The number of methoxy groups -OCH3 is 1. The lowest BCUT2D eigenvalue weighted by atomic mass is 10.1. The van der Waals surface area contributed by atoms with E-state index < -0.39 is 0 Å². The Balaban J connectivity index is 2.82. The van der Waals surface area contributed by atoms with Gasteiger partial charge in [0.25, 0.3) is 0 Å². The fourth-order valence-corrected chi connectivity index (χ4v) is 3.14. The first-order valence-corrected chi connectivity index (χ1v) is 7.74. The van der Waals surface area contributed by atoms with E-state index in [1.807, 2.05) is 6.07 Å². The zero-order chi connectivity index (χ0) is 16.4. The van der Waals surface area contributed by atoms with Crippen LogP contribution in [-0.2, 0) is 6.42 Å². The van der Waals surface area contributed by atoms with Crippen molar-refractivity contribution in [2.75, 3.05) is 7.11 Å². The number of nitriles is 1. The number of pyridine rings is 1. The third kappa shape index (κ3) is 3.08. The summed E-state index contributed by atoms with van der Waals surface area (Å²) in [4.78, 5) is 4.36. The van der Waals surface area contributed by atoms with Crippen molar-refractivity contribution >= 4 is 58.0 Å². The summed E-state index contributed by atoms with van der Waals surface area (Å²) in [5, 5.41) is 9.24. The molecule has 1 aromatic carbocycles. The third-order valence-corrected chi connectivity index (χ3v) is 5.12. The molecule has 1 aromatic heterocycles. The standard InChI is InChI=1S/C14H7Cl5N2O/c1-22-7-3-2-6(4-5-20)21-14(7)8-9(15)11(17)13(19)12(18)10(8)16/h2-3H,4H2,1H3. The maximum atomic E-state index is 8.81. The van der Waals surface area contributed by atoms with Crippen LogP contribution < -0.4 is 4.74 Å². The number of halogens is 5. The summed E-state index contributed by atoms with van der Waals surface area (Å²) >= 11 is 30.6. The van der Waals surface area contributed by atoms with Crippen LogP contribution in [0.3, 0.4) is 0 Å².